The molecule has 0 aliphatic carbocycles. The van der Waals surface area contributed by atoms with Crippen LogP contribution in [0.3, 0.4) is 0 Å². The number of anilines is 2. The number of carbonyl (C=O) groups excluding carboxylic acids is 2. The van der Waals surface area contributed by atoms with Crippen molar-refractivity contribution in [2.75, 3.05) is 16.8 Å². The molecule has 3 aromatic carbocycles. The Morgan fingerprint density at radius 2 is 1.75 bits per heavy atom. The van der Waals surface area contributed by atoms with Crippen LogP contribution in [0.15, 0.2) is 78.9 Å². The van der Waals surface area contributed by atoms with Crippen LogP contribution in [0.2, 0.25) is 0 Å². The smallest absolute Gasteiger partial charge is 0.258 e. The molecule has 0 saturated heterocycles. The highest BCUT2D eigenvalue weighted by Gasteiger charge is 2.24. The number of nitrogens with zero attached hydrogens (tertiary/aromatic N) is 1. The summed E-state index contributed by atoms with van der Waals surface area (Å²) >= 11 is 0. The SMILES string of the molecule is O=C1CCN(C(=O)c2cccc(OCc3ccccc3)c2)c2ccccc2N1. The van der Waals surface area contributed by atoms with Crippen molar-refractivity contribution in [3.05, 3.63) is 90.0 Å². The van der Waals surface area contributed by atoms with E-state index in [1.165, 1.54) is 0 Å². The number of hydrogen-bond acceptors (Lipinski definition) is 3. The highest BCUT2D eigenvalue weighted by molar-refractivity contribution is 6.10. The topological polar surface area (TPSA) is 58.6 Å². The predicted octanol–water partition coefficient (Wildman–Crippen LogP) is 4.25. The lowest BCUT2D eigenvalue weighted by Crippen LogP contribution is -2.31. The summed E-state index contributed by atoms with van der Waals surface area (Å²) in [5, 5.41) is 2.85. The molecule has 5 heteroatoms. The predicted molar refractivity (Wildman–Crippen MR) is 109 cm³/mol. The first-order valence-electron chi connectivity index (χ1n) is 9.18. The first kappa shape index (κ1) is 17.8. The molecule has 3 aromatic rings. The number of ether oxygens (including phenoxy) is 1. The van der Waals surface area contributed by atoms with Gasteiger partial charge in [0.25, 0.3) is 5.91 Å². The second-order valence-electron chi connectivity index (χ2n) is 6.57. The van der Waals surface area contributed by atoms with Gasteiger partial charge in [-0.15, -0.1) is 0 Å². The molecule has 28 heavy (non-hydrogen) atoms. The Morgan fingerprint density at radius 3 is 2.61 bits per heavy atom. The largest absolute Gasteiger partial charge is 0.489 e. The number of hydrogen-bond donors (Lipinski definition) is 1. The van der Waals surface area contributed by atoms with E-state index in [0.29, 0.717) is 35.8 Å². The van der Waals surface area contributed by atoms with Crippen LogP contribution >= 0.6 is 0 Å². The zero-order valence-corrected chi connectivity index (χ0v) is 15.3. The van der Waals surface area contributed by atoms with Crippen LogP contribution in [-0.2, 0) is 11.4 Å². The molecule has 1 N–H and O–H groups in total. The van der Waals surface area contributed by atoms with Gasteiger partial charge >= 0.3 is 0 Å². The third-order valence-electron chi connectivity index (χ3n) is 4.61. The molecule has 0 radical (unpaired) electrons. The van der Waals surface area contributed by atoms with Crippen LogP contribution in [-0.4, -0.2) is 18.4 Å². The van der Waals surface area contributed by atoms with Crippen molar-refractivity contribution in [1.82, 2.24) is 0 Å². The van der Waals surface area contributed by atoms with Gasteiger partial charge in [0.1, 0.15) is 12.4 Å². The van der Waals surface area contributed by atoms with Crippen molar-refractivity contribution >= 4 is 23.2 Å². The lowest BCUT2D eigenvalue weighted by molar-refractivity contribution is -0.115. The molecular formula is C23H20N2O3. The maximum absolute atomic E-state index is 13.2. The summed E-state index contributed by atoms with van der Waals surface area (Å²) in [4.78, 5) is 26.8. The van der Waals surface area contributed by atoms with Gasteiger partial charge in [0.15, 0.2) is 0 Å². The minimum absolute atomic E-state index is 0.0947. The van der Waals surface area contributed by atoms with E-state index in [-0.39, 0.29) is 18.2 Å². The lowest BCUT2D eigenvalue weighted by atomic mass is 10.1. The van der Waals surface area contributed by atoms with E-state index in [0.717, 1.165) is 5.56 Å². The van der Waals surface area contributed by atoms with E-state index in [9.17, 15) is 9.59 Å². The quantitative estimate of drug-likeness (QED) is 0.745. The monoisotopic (exact) mass is 372 g/mol. The molecule has 1 aliphatic heterocycles. The second-order valence-corrected chi connectivity index (χ2v) is 6.57. The number of rotatable bonds is 4. The van der Waals surface area contributed by atoms with Crippen molar-refractivity contribution in [3.63, 3.8) is 0 Å². The van der Waals surface area contributed by atoms with Crippen LogP contribution in [0, 0.1) is 0 Å². The van der Waals surface area contributed by atoms with Crippen molar-refractivity contribution in [2.24, 2.45) is 0 Å². The average molecular weight is 372 g/mol. The van der Waals surface area contributed by atoms with E-state index in [1.807, 2.05) is 54.6 Å². The molecule has 0 atom stereocenters. The first-order valence-corrected chi connectivity index (χ1v) is 9.18. The zero-order chi connectivity index (χ0) is 19.3. The number of carbonyl (C=O) groups is 2. The molecule has 2 amide bonds. The summed E-state index contributed by atoms with van der Waals surface area (Å²) in [5.41, 5.74) is 2.93. The third-order valence-corrected chi connectivity index (χ3v) is 4.61. The Balaban J connectivity index is 1.56. The van der Waals surface area contributed by atoms with E-state index >= 15 is 0 Å². The summed E-state index contributed by atoms with van der Waals surface area (Å²) in [7, 11) is 0. The van der Waals surface area contributed by atoms with Gasteiger partial charge in [0.2, 0.25) is 5.91 Å². The number of benzene rings is 3. The minimum atomic E-state index is -0.158. The van der Waals surface area contributed by atoms with Crippen LogP contribution in [0.25, 0.3) is 0 Å². The summed E-state index contributed by atoms with van der Waals surface area (Å²) in [5.74, 6) is 0.379. The van der Waals surface area contributed by atoms with Gasteiger partial charge in [-0.1, -0.05) is 48.5 Å². The molecule has 0 fully saturated rings. The maximum atomic E-state index is 13.2. The molecule has 1 aliphatic rings. The average Bonchev–Trinajstić information content (AvgIpc) is 2.91. The van der Waals surface area contributed by atoms with Crippen molar-refractivity contribution in [2.45, 2.75) is 13.0 Å². The van der Waals surface area contributed by atoms with E-state index in [4.69, 9.17) is 4.74 Å². The molecular weight excluding hydrogens is 352 g/mol. The Bertz CT molecular complexity index is 1000. The summed E-state index contributed by atoms with van der Waals surface area (Å²) in [6, 6.07) is 24.4. The van der Waals surface area contributed by atoms with Crippen molar-refractivity contribution in [3.8, 4) is 5.75 Å². The molecule has 0 saturated carbocycles. The molecule has 140 valence electrons. The molecule has 1 heterocycles. The van der Waals surface area contributed by atoms with Crippen LogP contribution in [0.4, 0.5) is 11.4 Å². The van der Waals surface area contributed by atoms with Crippen molar-refractivity contribution in [1.29, 1.82) is 0 Å². The normalized spacial score (nSPS) is 13.3. The van der Waals surface area contributed by atoms with Gasteiger partial charge in [0.05, 0.1) is 11.4 Å². The standard InChI is InChI=1S/C23H20N2O3/c26-22-13-14-25(21-12-5-4-11-20(21)24-22)23(27)18-9-6-10-19(15-18)28-16-17-7-2-1-3-8-17/h1-12,15H,13-14,16H2,(H,24,26). The summed E-state index contributed by atoms with van der Waals surface area (Å²) < 4.78 is 5.84. The molecule has 4 rings (SSSR count). The summed E-state index contributed by atoms with van der Waals surface area (Å²) in [6.07, 6.45) is 0.255. The third kappa shape index (κ3) is 3.88. The van der Waals surface area contributed by atoms with E-state index in [2.05, 4.69) is 5.32 Å². The number of fused-ring (bicyclic) bond motifs is 1. The molecule has 0 bridgehead atoms. The minimum Gasteiger partial charge on any atom is -0.489 e. The van der Waals surface area contributed by atoms with Gasteiger partial charge in [-0.05, 0) is 35.9 Å². The maximum Gasteiger partial charge on any atom is 0.258 e. The highest BCUT2D eigenvalue weighted by Crippen LogP contribution is 2.30. The lowest BCUT2D eigenvalue weighted by Gasteiger charge is -2.22. The highest BCUT2D eigenvalue weighted by atomic mass is 16.5. The van der Waals surface area contributed by atoms with E-state index in [1.54, 1.807) is 29.2 Å². The Hall–Kier alpha value is -3.60. The van der Waals surface area contributed by atoms with Gasteiger partial charge < -0.3 is 15.0 Å². The number of nitrogens with one attached hydrogen (secondary N) is 1. The van der Waals surface area contributed by atoms with Gasteiger partial charge in [-0.3, -0.25) is 9.59 Å². The molecule has 0 spiro atoms. The van der Waals surface area contributed by atoms with Crippen LogP contribution < -0.4 is 15.0 Å². The van der Waals surface area contributed by atoms with Crippen LogP contribution in [0.5, 0.6) is 5.75 Å². The Kier molecular flexibility index (Phi) is 5.06. The van der Waals surface area contributed by atoms with Crippen LogP contribution in [0.1, 0.15) is 22.3 Å². The van der Waals surface area contributed by atoms with E-state index < -0.39 is 0 Å². The summed E-state index contributed by atoms with van der Waals surface area (Å²) in [6.45, 7) is 0.764. The number of para-hydroxylation sites is 2. The molecule has 0 unspecified atom stereocenters. The van der Waals surface area contributed by atoms with Crippen molar-refractivity contribution < 1.29 is 14.3 Å². The van der Waals surface area contributed by atoms with Gasteiger partial charge in [-0.25, -0.2) is 0 Å². The Morgan fingerprint density at radius 1 is 0.964 bits per heavy atom. The van der Waals surface area contributed by atoms with Gasteiger partial charge in [-0.2, -0.15) is 0 Å². The second kappa shape index (κ2) is 7.96. The van der Waals surface area contributed by atoms with Gasteiger partial charge in [0, 0.05) is 18.5 Å². The molecule has 5 nitrogen and oxygen atoms in total. The number of amides is 2. The zero-order valence-electron chi connectivity index (χ0n) is 15.3. The fourth-order valence-electron chi connectivity index (χ4n) is 3.19. The fraction of sp³-hybridized carbons (Fsp3) is 0.130. The Labute approximate surface area is 163 Å². The fourth-order valence-corrected chi connectivity index (χ4v) is 3.19. The first-order chi connectivity index (χ1) is 13.7. The molecule has 0 aromatic heterocycles.